The van der Waals surface area contributed by atoms with Crippen LogP contribution in [0.25, 0.3) is 0 Å². The van der Waals surface area contributed by atoms with Crippen LogP contribution in [0.3, 0.4) is 0 Å². The van der Waals surface area contributed by atoms with E-state index in [1.807, 2.05) is 30.9 Å². The molecule has 0 fully saturated rings. The zero-order valence-corrected chi connectivity index (χ0v) is 12.2. The lowest BCUT2D eigenvalue weighted by Gasteiger charge is -2.09. The van der Waals surface area contributed by atoms with E-state index in [1.54, 1.807) is 13.3 Å². The smallest absolute Gasteiger partial charge is 0.237 e. The first-order valence-corrected chi connectivity index (χ1v) is 6.32. The predicted octanol–water partition coefficient (Wildman–Crippen LogP) is 2.51. The number of anilines is 1. The number of rotatable bonds is 4. The Kier molecular flexibility index (Phi) is 3.86. The molecule has 5 nitrogen and oxygen atoms in total. The van der Waals surface area contributed by atoms with Crippen LogP contribution in [0.2, 0.25) is 0 Å². The molecule has 2 aromatic rings. The van der Waals surface area contributed by atoms with Crippen molar-refractivity contribution in [3.05, 3.63) is 34.2 Å². The van der Waals surface area contributed by atoms with E-state index in [0.717, 1.165) is 21.4 Å². The number of nitrogens with zero attached hydrogens (tertiary/aromatic N) is 3. The quantitative estimate of drug-likeness (QED) is 0.942. The molecule has 0 saturated carbocycles. The van der Waals surface area contributed by atoms with Crippen molar-refractivity contribution in [1.82, 2.24) is 14.8 Å². The van der Waals surface area contributed by atoms with Gasteiger partial charge in [-0.1, -0.05) is 0 Å². The molecular formula is C12H15BrN4O. The first-order valence-electron chi connectivity index (χ1n) is 5.52. The van der Waals surface area contributed by atoms with Crippen molar-refractivity contribution in [2.24, 2.45) is 7.05 Å². The van der Waals surface area contributed by atoms with Crippen LogP contribution in [0.15, 0.2) is 22.9 Å². The van der Waals surface area contributed by atoms with Gasteiger partial charge in [0, 0.05) is 23.9 Å². The average Bonchev–Trinajstić information content (AvgIpc) is 2.65. The monoisotopic (exact) mass is 310 g/mol. The summed E-state index contributed by atoms with van der Waals surface area (Å²) < 4.78 is 7.92. The molecule has 0 aliphatic heterocycles. The molecule has 0 bridgehead atoms. The lowest BCUT2D eigenvalue weighted by molar-refractivity contribution is 0.399. The number of pyridine rings is 1. The number of ether oxygens (including phenoxy) is 1. The van der Waals surface area contributed by atoms with Crippen LogP contribution < -0.4 is 10.1 Å². The fourth-order valence-electron chi connectivity index (χ4n) is 1.72. The van der Waals surface area contributed by atoms with E-state index in [1.165, 1.54) is 0 Å². The number of hydrogen-bond acceptors (Lipinski definition) is 4. The lowest BCUT2D eigenvalue weighted by atomic mass is 10.3. The van der Waals surface area contributed by atoms with E-state index >= 15 is 0 Å². The third-order valence-electron chi connectivity index (χ3n) is 2.57. The summed E-state index contributed by atoms with van der Waals surface area (Å²) in [4.78, 5) is 4.18. The van der Waals surface area contributed by atoms with E-state index in [-0.39, 0.29) is 0 Å². The summed E-state index contributed by atoms with van der Waals surface area (Å²) >= 11 is 3.39. The topological polar surface area (TPSA) is 52.0 Å². The Balaban J connectivity index is 2.14. The molecule has 2 heterocycles. The maximum Gasteiger partial charge on any atom is 0.237 e. The van der Waals surface area contributed by atoms with Crippen LogP contribution in [0.4, 0.5) is 5.69 Å². The zero-order valence-electron chi connectivity index (χ0n) is 10.6. The minimum absolute atomic E-state index is 0.576. The highest BCUT2D eigenvalue weighted by Crippen LogP contribution is 2.25. The lowest BCUT2D eigenvalue weighted by Crippen LogP contribution is -2.04. The van der Waals surface area contributed by atoms with E-state index < -0.39 is 0 Å². The normalized spacial score (nSPS) is 10.4. The molecular weight excluding hydrogens is 296 g/mol. The molecule has 1 N–H and O–H groups in total. The van der Waals surface area contributed by atoms with Crippen molar-refractivity contribution in [2.75, 3.05) is 12.4 Å². The summed E-state index contributed by atoms with van der Waals surface area (Å²) in [5, 5.41) is 7.67. The molecule has 0 amide bonds. The van der Waals surface area contributed by atoms with Crippen LogP contribution in [0.1, 0.15) is 11.3 Å². The molecule has 0 aromatic carbocycles. The van der Waals surface area contributed by atoms with Gasteiger partial charge in [0.05, 0.1) is 25.0 Å². The largest absolute Gasteiger partial charge is 0.480 e. The van der Waals surface area contributed by atoms with Gasteiger partial charge in [0.2, 0.25) is 5.88 Å². The summed E-state index contributed by atoms with van der Waals surface area (Å²) in [5.74, 6) is 0.576. The Morgan fingerprint density at radius 2 is 2.28 bits per heavy atom. The first-order chi connectivity index (χ1) is 8.60. The maximum atomic E-state index is 5.20. The van der Waals surface area contributed by atoms with Gasteiger partial charge in [-0.05, 0) is 34.5 Å². The summed E-state index contributed by atoms with van der Waals surface area (Å²) in [6.07, 6.45) is 3.70. The summed E-state index contributed by atoms with van der Waals surface area (Å²) in [6, 6.07) is 1.93. The van der Waals surface area contributed by atoms with Gasteiger partial charge in [-0.15, -0.1) is 0 Å². The summed E-state index contributed by atoms with van der Waals surface area (Å²) in [6.45, 7) is 2.68. The van der Waals surface area contributed by atoms with Gasteiger partial charge in [0.15, 0.2) is 0 Å². The molecule has 2 rings (SSSR count). The Hall–Kier alpha value is -1.56. The van der Waals surface area contributed by atoms with E-state index in [0.29, 0.717) is 12.4 Å². The Bertz CT molecular complexity index is 553. The zero-order chi connectivity index (χ0) is 13.1. The number of nitrogens with one attached hydrogen (secondary N) is 1. The van der Waals surface area contributed by atoms with Gasteiger partial charge >= 0.3 is 0 Å². The van der Waals surface area contributed by atoms with E-state index in [9.17, 15) is 0 Å². The number of aryl methyl sites for hydroxylation is 2. The molecule has 2 aromatic heterocycles. The van der Waals surface area contributed by atoms with Gasteiger partial charge in [0.25, 0.3) is 0 Å². The van der Waals surface area contributed by atoms with E-state index in [2.05, 4.69) is 31.3 Å². The minimum atomic E-state index is 0.576. The minimum Gasteiger partial charge on any atom is -0.480 e. The SMILES string of the molecule is COc1ncc(Br)cc1NCc1nn(C)cc1C. The Labute approximate surface area is 114 Å². The molecule has 0 spiro atoms. The highest BCUT2D eigenvalue weighted by atomic mass is 79.9. The first kappa shape index (κ1) is 12.9. The molecule has 96 valence electrons. The van der Waals surface area contributed by atoms with E-state index in [4.69, 9.17) is 4.74 Å². The average molecular weight is 311 g/mol. The highest BCUT2D eigenvalue weighted by Gasteiger charge is 2.07. The summed E-state index contributed by atoms with van der Waals surface area (Å²) in [5.41, 5.74) is 3.02. The van der Waals surface area contributed by atoms with Gasteiger partial charge in [-0.3, -0.25) is 4.68 Å². The van der Waals surface area contributed by atoms with Crippen molar-refractivity contribution in [3.8, 4) is 5.88 Å². The predicted molar refractivity (Wildman–Crippen MR) is 73.8 cm³/mol. The molecule has 0 aliphatic carbocycles. The van der Waals surface area contributed by atoms with Gasteiger partial charge in [-0.2, -0.15) is 5.10 Å². The van der Waals surface area contributed by atoms with Crippen molar-refractivity contribution >= 4 is 21.6 Å². The Morgan fingerprint density at radius 3 is 2.89 bits per heavy atom. The van der Waals surface area contributed by atoms with Crippen molar-refractivity contribution < 1.29 is 4.74 Å². The molecule has 0 radical (unpaired) electrons. The van der Waals surface area contributed by atoms with Crippen molar-refractivity contribution in [2.45, 2.75) is 13.5 Å². The fraction of sp³-hybridized carbons (Fsp3) is 0.333. The molecule has 0 aliphatic rings. The molecule has 18 heavy (non-hydrogen) atoms. The van der Waals surface area contributed by atoms with Crippen LogP contribution >= 0.6 is 15.9 Å². The fourth-order valence-corrected chi connectivity index (χ4v) is 2.05. The van der Waals surface area contributed by atoms with Crippen LogP contribution in [-0.2, 0) is 13.6 Å². The number of methoxy groups -OCH3 is 1. The van der Waals surface area contributed by atoms with Crippen molar-refractivity contribution in [1.29, 1.82) is 0 Å². The maximum absolute atomic E-state index is 5.20. The summed E-state index contributed by atoms with van der Waals surface area (Å²) in [7, 11) is 3.52. The van der Waals surface area contributed by atoms with Gasteiger partial charge in [-0.25, -0.2) is 4.98 Å². The number of hydrogen-bond donors (Lipinski definition) is 1. The van der Waals surface area contributed by atoms with Gasteiger partial charge in [0.1, 0.15) is 0 Å². The number of aromatic nitrogens is 3. The highest BCUT2D eigenvalue weighted by molar-refractivity contribution is 9.10. The Morgan fingerprint density at radius 1 is 1.50 bits per heavy atom. The molecule has 6 heteroatoms. The number of halogens is 1. The van der Waals surface area contributed by atoms with Crippen LogP contribution in [0.5, 0.6) is 5.88 Å². The molecule has 0 atom stereocenters. The van der Waals surface area contributed by atoms with Crippen molar-refractivity contribution in [3.63, 3.8) is 0 Å². The van der Waals surface area contributed by atoms with Crippen LogP contribution in [0, 0.1) is 6.92 Å². The third-order valence-corrected chi connectivity index (χ3v) is 3.01. The van der Waals surface area contributed by atoms with Gasteiger partial charge < -0.3 is 10.1 Å². The third kappa shape index (κ3) is 2.81. The second-order valence-corrected chi connectivity index (χ2v) is 4.91. The second kappa shape index (κ2) is 5.39. The van der Waals surface area contributed by atoms with Crippen LogP contribution in [-0.4, -0.2) is 21.9 Å². The molecule has 0 unspecified atom stereocenters. The second-order valence-electron chi connectivity index (χ2n) is 4.00. The standard InChI is InChI=1S/C12H15BrN4O/c1-8-7-17(2)16-11(8)6-14-10-4-9(13)5-15-12(10)18-3/h4-5,7,14H,6H2,1-3H3. The molecule has 0 saturated heterocycles.